The van der Waals surface area contributed by atoms with Crippen LogP contribution in [-0.4, -0.2) is 61.1 Å². The van der Waals surface area contributed by atoms with Crippen LogP contribution in [0.3, 0.4) is 0 Å². The zero-order valence-corrected chi connectivity index (χ0v) is 22.1. The molecule has 0 bridgehead atoms. The number of nitrogens with zero attached hydrogens (tertiary/aromatic N) is 5. The fourth-order valence-electron chi connectivity index (χ4n) is 2.57. The highest BCUT2D eigenvalue weighted by molar-refractivity contribution is 7.90. The molecule has 11 nitrogen and oxygen atoms in total. The van der Waals surface area contributed by atoms with Crippen LogP contribution in [0.25, 0.3) is 0 Å². The molecule has 0 saturated carbocycles. The van der Waals surface area contributed by atoms with Crippen molar-refractivity contribution in [3.63, 3.8) is 0 Å². The van der Waals surface area contributed by atoms with Gasteiger partial charge in [-0.05, 0) is 12.1 Å². The molecular formula is C18H11Cl4N5O6S2. The summed E-state index contributed by atoms with van der Waals surface area (Å²) in [5.41, 5.74) is -1.74. The zero-order valence-electron chi connectivity index (χ0n) is 17.4. The summed E-state index contributed by atoms with van der Waals surface area (Å²) in [5.74, 6) is -2.56. The Bertz CT molecular complexity index is 1490. The Labute approximate surface area is 218 Å². The molecule has 2 heterocycles. The van der Waals surface area contributed by atoms with E-state index in [0.717, 1.165) is 24.9 Å². The smallest absolute Gasteiger partial charge is 0.266 e. The second-order valence-corrected chi connectivity index (χ2v) is 12.2. The summed E-state index contributed by atoms with van der Waals surface area (Å²) >= 11 is 24.5. The van der Waals surface area contributed by atoms with E-state index < -0.39 is 63.2 Å². The Morgan fingerprint density at radius 1 is 0.714 bits per heavy atom. The van der Waals surface area contributed by atoms with Crippen molar-refractivity contribution in [3.05, 3.63) is 62.1 Å². The van der Waals surface area contributed by atoms with Crippen LogP contribution in [0.1, 0.15) is 21.0 Å². The second-order valence-electron chi connectivity index (χ2n) is 6.76. The average Bonchev–Trinajstić information content (AvgIpc) is 2.74. The van der Waals surface area contributed by atoms with E-state index in [4.69, 9.17) is 46.4 Å². The molecule has 184 valence electrons. The molecule has 1 aromatic carbocycles. The highest BCUT2D eigenvalue weighted by Gasteiger charge is 2.35. The van der Waals surface area contributed by atoms with Crippen molar-refractivity contribution >= 4 is 83.6 Å². The average molecular weight is 599 g/mol. The number of benzene rings is 1. The first-order valence-electron chi connectivity index (χ1n) is 8.91. The maximum Gasteiger partial charge on any atom is 0.285 e. The Kier molecular flexibility index (Phi) is 7.70. The number of halogens is 4. The van der Waals surface area contributed by atoms with E-state index in [1.165, 1.54) is 18.2 Å². The molecule has 0 fully saturated rings. The van der Waals surface area contributed by atoms with Crippen molar-refractivity contribution in [1.29, 1.82) is 0 Å². The summed E-state index contributed by atoms with van der Waals surface area (Å²) < 4.78 is 47.6. The maximum absolute atomic E-state index is 13.6. The number of hydrogen-bond donors (Lipinski definition) is 0. The maximum atomic E-state index is 13.6. The molecule has 3 rings (SSSR count). The first-order valence-corrected chi connectivity index (χ1v) is 14.2. The molecule has 0 saturated heterocycles. The number of carbonyl (C=O) groups is 2. The summed E-state index contributed by atoms with van der Waals surface area (Å²) in [5, 5.41) is -2.67. The minimum absolute atomic E-state index is 0.179. The second kappa shape index (κ2) is 9.91. The third-order valence-corrected chi connectivity index (χ3v) is 6.96. The third-order valence-electron chi connectivity index (χ3n) is 4.08. The molecule has 0 spiro atoms. The summed E-state index contributed by atoms with van der Waals surface area (Å²) in [6.45, 7) is 0. The molecule has 17 heteroatoms. The molecule has 35 heavy (non-hydrogen) atoms. The van der Waals surface area contributed by atoms with E-state index in [2.05, 4.69) is 19.9 Å². The number of rotatable bonds is 5. The first-order chi connectivity index (χ1) is 16.1. The fraction of sp³-hybridized carbons (Fsp3) is 0.111. The Hall–Kier alpha value is -2.42. The molecule has 0 aliphatic rings. The lowest BCUT2D eigenvalue weighted by Gasteiger charge is -2.23. The van der Waals surface area contributed by atoms with Gasteiger partial charge in [0.1, 0.15) is 0 Å². The lowest BCUT2D eigenvalue weighted by molar-refractivity contribution is 0.0891. The van der Waals surface area contributed by atoms with Crippen LogP contribution in [0.15, 0.2) is 40.9 Å². The van der Waals surface area contributed by atoms with E-state index >= 15 is 0 Å². The van der Waals surface area contributed by atoms with Crippen molar-refractivity contribution in [3.8, 4) is 0 Å². The van der Waals surface area contributed by atoms with Crippen LogP contribution >= 0.6 is 46.4 Å². The van der Waals surface area contributed by atoms with E-state index in [-0.39, 0.29) is 15.7 Å². The summed E-state index contributed by atoms with van der Waals surface area (Å²) in [4.78, 5) is 42.0. The van der Waals surface area contributed by atoms with E-state index in [0.29, 0.717) is 4.90 Å². The van der Waals surface area contributed by atoms with Gasteiger partial charge in [0.2, 0.25) is 30.0 Å². The molecule has 0 unspecified atom stereocenters. The van der Waals surface area contributed by atoms with E-state index in [1.807, 2.05) is 0 Å². The quantitative estimate of drug-likeness (QED) is 0.315. The number of sulfone groups is 2. The number of carbonyl (C=O) groups excluding carboxylic acids is 2. The minimum Gasteiger partial charge on any atom is -0.266 e. The summed E-state index contributed by atoms with van der Waals surface area (Å²) in [7, 11) is -7.96. The van der Waals surface area contributed by atoms with Gasteiger partial charge in [-0.3, -0.25) is 9.59 Å². The van der Waals surface area contributed by atoms with Gasteiger partial charge in [-0.1, -0.05) is 52.5 Å². The predicted octanol–water partition coefficient (Wildman–Crippen LogP) is 3.17. The lowest BCUT2D eigenvalue weighted by Crippen LogP contribution is -2.39. The van der Waals surface area contributed by atoms with E-state index in [9.17, 15) is 26.4 Å². The van der Waals surface area contributed by atoms with E-state index in [1.54, 1.807) is 0 Å². The van der Waals surface area contributed by atoms with Gasteiger partial charge in [0.15, 0.2) is 11.4 Å². The molecule has 2 amide bonds. The van der Waals surface area contributed by atoms with Gasteiger partial charge in [0.05, 0.1) is 38.2 Å². The van der Waals surface area contributed by atoms with Crippen LogP contribution in [0, 0.1) is 0 Å². The first kappa shape index (κ1) is 27.2. The molecule has 0 aliphatic heterocycles. The molecule has 0 N–H and O–H groups in total. The number of anilines is 1. The number of para-hydroxylation sites is 1. The summed E-state index contributed by atoms with van der Waals surface area (Å²) in [6, 6.07) is 4.05. The third kappa shape index (κ3) is 5.71. The minimum atomic E-state index is -3.98. The highest BCUT2D eigenvalue weighted by Crippen LogP contribution is 2.36. The largest absolute Gasteiger partial charge is 0.285 e. The number of hydrogen-bond acceptors (Lipinski definition) is 10. The highest BCUT2D eigenvalue weighted by atomic mass is 35.5. The molecule has 2 aromatic heterocycles. The standard InChI is InChI=1S/C18H11Cl4N5O6S2/c1-34(30,31)17-23-6-10(21)12(25-17)15(28)27(14-8(19)4-3-5-9(14)20)16(29)13-11(22)7-24-18(26-13)35(2,32)33/h3-7H,1-2H3. The van der Waals surface area contributed by atoms with Crippen LogP contribution in [0.4, 0.5) is 5.69 Å². The van der Waals surface area contributed by atoms with Crippen molar-refractivity contribution in [2.24, 2.45) is 0 Å². The van der Waals surface area contributed by atoms with Gasteiger partial charge < -0.3 is 0 Å². The monoisotopic (exact) mass is 597 g/mol. The van der Waals surface area contributed by atoms with Crippen molar-refractivity contribution in [2.45, 2.75) is 10.3 Å². The fourth-order valence-corrected chi connectivity index (χ4v) is 4.48. The van der Waals surface area contributed by atoms with Crippen LogP contribution in [0.5, 0.6) is 0 Å². The van der Waals surface area contributed by atoms with Crippen LogP contribution in [-0.2, 0) is 19.7 Å². The SMILES string of the molecule is CS(=O)(=O)c1ncc(Cl)c(C(=O)N(C(=O)c2nc(S(C)(=O)=O)ncc2Cl)c2c(Cl)cccc2Cl)n1. The lowest BCUT2D eigenvalue weighted by atomic mass is 10.2. The molecule has 3 aromatic rings. The molecule has 0 atom stereocenters. The van der Waals surface area contributed by atoms with Crippen molar-refractivity contribution in [2.75, 3.05) is 17.4 Å². The molecular weight excluding hydrogens is 588 g/mol. The van der Waals surface area contributed by atoms with Gasteiger partial charge in [-0.15, -0.1) is 0 Å². The van der Waals surface area contributed by atoms with Crippen molar-refractivity contribution in [1.82, 2.24) is 19.9 Å². The Morgan fingerprint density at radius 3 is 1.43 bits per heavy atom. The van der Waals surface area contributed by atoms with Crippen LogP contribution < -0.4 is 4.90 Å². The molecule has 0 radical (unpaired) electrons. The topological polar surface area (TPSA) is 157 Å². The van der Waals surface area contributed by atoms with Gasteiger partial charge >= 0.3 is 0 Å². The Balaban J connectivity index is 2.31. The van der Waals surface area contributed by atoms with Crippen LogP contribution in [0.2, 0.25) is 20.1 Å². The number of imide groups is 1. The van der Waals surface area contributed by atoms with Gasteiger partial charge in [0, 0.05) is 12.5 Å². The molecule has 0 aliphatic carbocycles. The van der Waals surface area contributed by atoms with Crippen molar-refractivity contribution < 1.29 is 26.4 Å². The Morgan fingerprint density at radius 2 is 1.09 bits per heavy atom. The predicted molar refractivity (Wildman–Crippen MR) is 128 cm³/mol. The van der Waals surface area contributed by atoms with Gasteiger partial charge in [-0.25, -0.2) is 41.7 Å². The number of aromatic nitrogens is 4. The van der Waals surface area contributed by atoms with Gasteiger partial charge in [-0.2, -0.15) is 0 Å². The van der Waals surface area contributed by atoms with Gasteiger partial charge in [0.25, 0.3) is 11.8 Å². The summed E-state index contributed by atoms with van der Waals surface area (Å²) in [6.07, 6.45) is 3.31. The zero-order chi connectivity index (χ0) is 26.3. The number of amides is 2. The normalized spacial score (nSPS) is 11.8.